The molecule has 3 N–H and O–H groups in total. The summed E-state index contributed by atoms with van der Waals surface area (Å²) in [5.74, 6) is -0.856. The van der Waals surface area contributed by atoms with Gasteiger partial charge in [0.2, 0.25) is 0 Å². The molecule has 22 heavy (non-hydrogen) atoms. The van der Waals surface area contributed by atoms with Crippen molar-refractivity contribution in [1.29, 1.82) is 5.26 Å². The van der Waals surface area contributed by atoms with Gasteiger partial charge in [0.15, 0.2) is 6.04 Å². The van der Waals surface area contributed by atoms with E-state index in [9.17, 15) is 15.0 Å². The molecular weight excluding hydrogens is 280 g/mol. The van der Waals surface area contributed by atoms with Gasteiger partial charge in [-0.1, -0.05) is 13.0 Å². The van der Waals surface area contributed by atoms with E-state index in [0.29, 0.717) is 28.8 Å². The van der Waals surface area contributed by atoms with Crippen molar-refractivity contribution in [2.24, 2.45) is 0 Å². The molecule has 0 saturated heterocycles. The Morgan fingerprint density at radius 2 is 1.95 bits per heavy atom. The first-order valence-electron chi connectivity index (χ1n) is 6.86. The Morgan fingerprint density at radius 1 is 1.27 bits per heavy atom. The fourth-order valence-corrected chi connectivity index (χ4v) is 2.16. The topological polar surface area (TPSA) is 93.4 Å². The van der Waals surface area contributed by atoms with Gasteiger partial charge in [0.1, 0.15) is 5.75 Å². The smallest absolute Gasteiger partial charge is 0.330 e. The summed E-state index contributed by atoms with van der Waals surface area (Å²) in [6, 6.07) is 12.4. The summed E-state index contributed by atoms with van der Waals surface area (Å²) < 4.78 is 0. The zero-order valence-electron chi connectivity index (χ0n) is 12.1. The predicted molar refractivity (Wildman–Crippen MR) is 82.6 cm³/mol. The molecule has 0 aromatic heterocycles. The minimum Gasteiger partial charge on any atom is -0.508 e. The quantitative estimate of drug-likeness (QED) is 0.788. The van der Waals surface area contributed by atoms with Crippen LogP contribution in [0.2, 0.25) is 0 Å². The number of aliphatic carboxylic acids is 1. The van der Waals surface area contributed by atoms with Gasteiger partial charge in [0.05, 0.1) is 11.6 Å². The van der Waals surface area contributed by atoms with E-state index in [1.54, 1.807) is 36.4 Å². The third kappa shape index (κ3) is 3.36. The van der Waals surface area contributed by atoms with Gasteiger partial charge in [0.25, 0.3) is 0 Å². The number of carbonyl (C=O) groups is 1. The van der Waals surface area contributed by atoms with Crippen LogP contribution in [0.4, 0.5) is 5.69 Å². The van der Waals surface area contributed by atoms with Crippen LogP contribution in [0.1, 0.15) is 29.7 Å². The lowest BCUT2D eigenvalue weighted by atomic mass is 10.0. The summed E-state index contributed by atoms with van der Waals surface area (Å²) in [4.78, 5) is 11.5. The molecule has 0 aliphatic carbocycles. The molecule has 0 radical (unpaired) electrons. The van der Waals surface area contributed by atoms with Crippen molar-refractivity contribution >= 4 is 11.7 Å². The van der Waals surface area contributed by atoms with Crippen molar-refractivity contribution in [2.45, 2.75) is 19.4 Å². The highest BCUT2D eigenvalue weighted by molar-refractivity contribution is 5.79. The average molecular weight is 296 g/mol. The molecule has 0 bridgehead atoms. The molecule has 5 heteroatoms. The molecule has 0 fully saturated rings. The first-order valence-corrected chi connectivity index (χ1v) is 6.86. The van der Waals surface area contributed by atoms with E-state index in [1.165, 1.54) is 6.07 Å². The monoisotopic (exact) mass is 296 g/mol. The number of phenolic OH excluding ortho intramolecular Hbond substituents is 1. The van der Waals surface area contributed by atoms with Crippen LogP contribution in [0.25, 0.3) is 0 Å². The predicted octanol–water partition coefficient (Wildman–Crippen LogP) is 3.06. The fraction of sp³-hybridized carbons (Fsp3) is 0.176. The molecule has 0 amide bonds. The van der Waals surface area contributed by atoms with E-state index in [4.69, 9.17) is 5.26 Å². The number of nitriles is 1. The van der Waals surface area contributed by atoms with Crippen LogP contribution in [0.3, 0.4) is 0 Å². The van der Waals surface area contributed by atoms with E-state index < -0.39 is 12.0 Å². The number of rotatable bonds is 5. The zero-order valence-corrected chi connectivity index (χ0v) is 12.1. The molecule has 0 saturated carbocycles. The second-order valence-corrected chi connectivity index (χ2v) is 4.85. The number of carboxylic acid groups (broad SMARTS) is 1. The molecule has 2 aromatic carbocycles. The van der Waals surface area contributed by atoms with Gasteiger partial charge in [-0.25, -0.2) is 4.79 Å². The third-order valence-corrected chi connectivity index (χ3v) is 3.39. The van der Waals surface area contributed by atoms with Gasteiger partial charge in [-0.05, 0) is 53.9 Å². The van der Waals surface area contributed by atoms with Crippen molar-refractivity contribution in [3.63, 3.8) is 0 Å². The van der Waals surface area contributed by atoms with Crippen LogP contribution in [0.5, 0.6) is 5.75 Å². The van der Waals surface area contributed by atoms with E-state index in [1.807, 2.05) is 13.0 Å². The zero-order chi connectivity index (χ0) is 16.1. The Bertz CT molecular complexity index is 718. The van der Waals surface area contributed by atoms with E-state index in [2.05, 4.69) is 5.32 Å². The van der Waals surface area contributed by atoms with E-state index >= 15 is 0 Å². The van der Waals surface area contributed by atoms with Crippen LogP contribution >= 0.6 is 0 Å². The lowest BCUT2D eigenvalue weighted by Crippen LogP contribution is -2.20. The van der Waals surface area contributed by atoms with Crippen LogP contribution < -0.4 is 5.32 Å². The van der Waals surface area contributed by atoms with Gasteiger partial charge in [0, 0.05) is 5.69 Å². The number of nitrogens with zero attached hydrogens (tertiary/aromatic N) is 1. The number of hydrogen-bond acceptors (Lipinski definition) is 4. The summed E-state index contributed by atoms with van der Waals surface area (Å²) in [6.07, 6.45) is 0.614. The van der Waals surface area contributed by atoms with Gasteiger partial charge < -0.3 is 15.5 Å². The maximum Gasteiger partial charge on any atom is 0.330 e. The molecule has 1 unspecified atom stereocenters. The van der Waals surface area contributed by atoms with E-state index in [0.717, 1.165) is 0 Å². The Kier molecular flexibility index (Phi) is 4.64. The first-order chi connectivity index (χ1) is 10.5. The summed E-state index contributed by atoms with van der Waals surface area (Å²) in [5.41, 5.74) is 2.38. The maximum absolute atomic E-state index is 11.5. The number of benzene rings is 2. The largest absolute Gasteiger partial charge is 0.508 e. The fourth-order valence-electron chi connectivity index (χ4n) is 2.16. The lowest BCUT2D eigenvalue weighted by Gasteiger charge is -2.17. The molecule has 2 aromatic rings. The molecule has 2 rings (SSSR count). The van der Waals surface area contributed by atoms with Gasteiger partial charge in [-0.15, -0.1) is 0 Å². The maximum atomic E-state index is 11.5. The number of aryl methyl sites for hydroxylation is 1. The summed E-state index contributed by atoms with van der Waals surface area (Å²) in [7, 11) is 0. The van der Waals surface area contributed by atoms with Crippen molar-refractivity contribution in [1.82, 2.24) is 0 Å². The highest BCUT2D eigenvalue weighted by atomic mass is 16.4. The molecule has 0 aliphatic rings. The van der Waals surface area contributed by atoms with E-state index in [-0.39, 0.29) is 5.75 Å². The molecule has 1 atom stereocenters. The minimum absolute atomic E-state index is 0.161. The number of aromatic hydroxyl groups is 1. The van der Waals surface area contributed by atoms with Gasteiger partial charge >= 0.3 is 5.97 Å². The second-order valence-electron chi connectivity index (χ2n) is 4.85. The van der Waals surface area contributed by atoms with Crippen LogP contribution in [0.15, 0.2) is 42.5 Å². The number of phenols is 1. The average Bonchev–Trinajstić information content (AvgIpc) is 2.53. The molecule has 5 nitrogen and oxygen atoms in total. The van der Waals surface area contributed by atoms with Crippen LogP contribution in [-0.4, -0.2) is 16.2 Å². The van der Waals surface area contributed by atoms with Crippen molar-refractivity contribution < 1.29 is 15.0 Å². The third-order valence-electron chi connectivity index (χ3n) is 3.39. The number of carboxylic acids is 1. The summed E-state index contributed by atoms with van der Waals surface area (Å²) >= 11 is 0. The van der Waals surface area contributed by atoms with Crippen LogP contribution in [-0.2, 0) is 11.2 Å². The summed E-state index contributed by atoms with van der Waals surface area (Å²) in [6.45, 7) is 1.89. The molecule has 0 heterocycles. The second kappa shape index (κ2) is 6.64. The standard InChI is InChI=1S/C17H16N2O3/c1-2-12-9-13(5-8-15(12)20)16(17(21)22)19-14-6-3-11(10-18)4-7-14/h3-9,16,19-20H,2H2,1H3,(H,21,22). The van der Waals surface area contributed by atoms with Crippen molar-refractivity contribution in [3.8, 4) is 11.8 Å². The number of nitrogens with one attached hydrogen (secondary N) is 1. The molecule has 0 spiro atoms. The Balaban J connectivity index is 2.30. The first kappa shape index (κ1) is 15.4. The van der Waals surface area contributed by atoms with Crippen molar-refractivity contribution in [2.75, 3.05) is 5.32 Å². The Morgan fingerprint density at radius 3 is 2.50 bits per heavy atom. The van der Waals surface area contributed by atoms with Crippen molar-refractivity contribution in [3.05, 3.63) is 59.2 Å². The lowest BCUT2D eigenvalue weighted by molar-refractivity contribution is -0.138. The molecule has 0 aliphatic heterocycles. The number of hydrogen-bond donors (Lipinski definition) is 3. The minimum atomic E-state index is -1.02. The van der Waals surface area contributed by atoms with Crippen LogP contribution in [0, 0.1) is 11.3 Å². The normalized spacial score (nSPS) is 11.5. The Hall–Kier alpha value is -3.00. The SMILES string of the molecule is CCc1cc(C(Nc2ccc(C#N)cc2)C(=O)O)ccc1O. The number of anilines is 1. The Labute approximate surface area is 128 Å². The van der Waals surface area contributed by atoms with Gasteiger partial charge in [-0.2, -0.15) is 5.26 Å². The highest BCUT2D eigenvalue weighted by Crippen LogP contribution is 2.26. The van der Waals surface area contributed by atoms with Gasteiger partial charge in [-0.3, -0.25) is 0 Å². The summed E-state index contributed by atoms with van der Waals surface area (Å²) in [5, 5.41) is 30.8. The highest BCUT2D eigenvalue weighted by Gasteiger charge is 2.20. The molecular formula is C17H16N2O3. The molecule has 112 valence electrons.